The van der Waals surface area contributed by atoms with Gasteiger partial charge in [-0.05, 0) is 40.3 Å². The lowest BCUT2D eigenvalue weighted by molar-refractivity contribution is -0.136. The van der Waals surface area contributed by atoms with E-state index >= 15 is 0 Å². The summed E-state index contributed by atoms with van der Waals surface area (Å²) < 4.78 is 40.9. The quantitative estimate of drug-likeness (QED) is 0.691. The van der Waals surface area contributed by atoms with Gasteiger partial charge in [-0.25, -0.2) is 0 Å². The molecule has 0 aromatic heterocycles. The largest absolute Gasteiger partial charge is 0.389 e. The molecule has 2 nitrogen and oxygen atoms in total. The van der Waals surface area contributed by atoms with Crippen LogP contribution in [0.15, 0.2) is 0 Å². The second-order valence-corrected chi connectivity index (χ2v) is 4.74. The molecule has 0 heterocycles. The third kappa shape index (κ3) is 13.8. The molecule has 0 atom stereocenters. The van der Waals surface area contributed by atoms with E-state index in [4.69, 9.17) is 4.74 Å². The Morgan fingerprint density at radius 3 is 1.89 bits per heavy atom. The first-order chi connectivity index (χ1) is 8.16. The Bertz CT molecular complexity index is 193. The van der Waals surface area contributed by atoms with Crippen molar-refractivity contribution in [3.63, 3.8) is 0 Å². The van der Waals surface area contributed by atoms with Crippen LogP contribution >= 0.6 is 0 Å². The molecule has 0 aromatic rings. The van der Waals surface area contributed by atoms with Crippen molar-refractivity contribution in [3.8, 4) is 0 Å². The summed E-state index contributed by atoms with van der Waals surface area (Å²) in [6, 6.07) is 0. The van der Waals surface area contributed by atoms with Crippen LogP contribution in [0, 0.1) is 0 Å². The van der Waals surface area contributed by atoms with E-state index < -0.39 is 12.6 Å². The standard InChI is InChI=1S/C11H22F3NO.C2H6/c1-10(2,16-4)7-9-15(3)8-5-6-11(12,13)14;1-2/h5-9H2,1-4H3;1-2H3. The molecule has 0 aliphatic carbocycles. The monoisotopic (exact) mass is 271 g/mol. The average molecular weight is 271 g/mol. The van der Waals surface area contributed by atoms with Gasteiger partial charge in [-0.15, -0.1) is 0 Å². The summed E-state index contributed by atoms with van der Waals surface area (Å²) >= 11 is 0. The molecule has 0 saturated heterocycles. The Labute approximate surface area is 109 Å². The Hall–Kier alpha value is -0.290. The highest BCUT2D eigenvalue weighted by molar-refractivity contribution is 4.69. The van der Waals surface area contributed by atoms with Crippen molar-refractivity contribution >= 4 is 0 Å². The van der Waals surface area contributed by atoms with E-state index in [-0.39, 0.29) is 12.0 Å². The Kier molecular flexibility index (Phi) is 10.7. The summed E-state index contributed by atoms with van der Waals surface area (Å²) in [6.07, 6.45) is -3.77. The van der Waals surface area contributed by atoms with Crippen molar-refractivity contribution in [2.45, 2.75) is 58.7 Å². The molecule has 0 spiro atoms. The predicted octanol–water partition coefficient (Wildman–Crippen LogP) is 4.10. The van der Waals surface area contributed by atoms with Crippen molar-refractivity contribution in [3.05, 3.63) is 0 Å². The minimum atomic E-state index is -4.04. The van der Waals surface area contributed by atoms with E-state index in [2.05, 4.69) is 0 Å². The van der Waals surface area contributed by atoms with Crippen LogP contribution in [0.3, 0.4) is 0 Å². The van der Waals surface area contributed by atoms with Gasteiger partial charge in [-0.1, -0.05) is 13.8 Å². The molecule has 0 radical (unpaired) electrons. The van der Waals surface area contributed by atoms with E-state index in [9.17, 15) is 13.2 Å². The van der Waals surface area contributed by atoms with Gasteiger partial charge in [0, 0.05) is 20.1 Å². The summed E-state index contributed by atoms with van der Waals surface area (Å²) in [5.74, 6) is 0. The van der Waals surface area contributed by atoms with Crippen LogP contribution in [-0.2, 0) is 4.74 Å². The second-order valence-electron chi connectivity index (χ2n) is 4.74. The highest BCUT2D eigenvalue weighted by atomic mass is 19.4. The van der Waals surface area contributed by atoms with Gasteiger partial charge in [0.05, 0.1) is 5.60 Å². The second kappa shape index (κ2) is 9.62. The molecular weight excluding hydrogens is 243 g/mol. The average Bonchev–Trinajstić information content (AvgIpc) is 2.28. The molecule has 0 N–H and O–H groups in total. The lowest BCUT2D eigenvalue weighted by Gasteiger charge is -2.26. The fourth-order valence-corrected chi connectivity index (χ4v) is 1.22. The summed E-state index contributed by atoms with van der Waals surface area (Å²) in [4.78, 5) is 1.91. The maximum Gasteiger partial charge on any atom is 0.389 e. The number of alkyl halides is 3. The number of halogens is 3. The molecule has 0 amide bonds. The van der Waals surface area contributed by atoms with Gasteiger partial charge >= 0.3 is 6.18 Å². The van der Waals surface area contributed by atoms with Gasteiger partial charge in [0.1, 0.15) is 0 Å². The zero-order valence-electron chi connectivity index (χ0n) is 12.5. The summed E-state index contributed by atoms with van der Waals surface area (Å²) in [6.45, 7) is 9.16. The predicted molar refractivity (Wildman–Crippen MR) is 69.8 cm³/mol. The molecule has 0 aliphatic heterocycles. The third-order valence-corrected chi connectivity index (χ3v) is 2.65. The van der Waals surface area contributed by atoms with E-state index in [1.165, 1.54) is 0 Å². The topological polar surface area (TPSA) is 12.5 Å². The number of ether oxygens (including phenoxy) is 1. The van der Waals surface area contributed by atoms with E-state index in [0.717, 1.165) is 13.0 Å². The molecule has 0 saturated carbocycles. The van der Waals surface area contributed by atoms with Crippen molar-refractivity contribution in [2.24, 2.45) is 0 Å². The fourth-order valence-electron chi connectivity index (χ4n) is 1.22. The SMILES string of the molecule is CC.COC(C)(C)CCN(C)CCCC(F)(F)F. The number of rotatable bonds is 7. The van der Waals surface area contributed by atoms with E-state index in [0.29, 0.717) is 6.54 Å². The first-order valence-corrected chi connectivity index (χ1v) is 6.47. The Morgan fingerprint density at radius 2 is 1.50 bits per heavy atom. The van der Waals surface area contributed by atoms with Crippen LogP contribution in [0.25, 0.3) is 0 Å². The van der Waals surface area contributed by atoms with Crippen molar-refractivity contribution in [2.75, 3.05) is 27.2 Å². The molecular formula is C13H28F3NO. The zero-order chi connectivity index (χ0) is 14.8. The van der Waals surface area contributed by atoms with Gasteiger partial charge in [0.2, 0.25) is 0 Å². The van der Waals surface area contributed by atoms with E-state index in [1.807, 2.05) is 39.6 Å². The molecule has 112 valence electrons. The molecule has 0 fully saturated rings. The highest BCUT2D eigenvalue weighted by Crippen LogP contribution is 2.21. The lowest BCUT2D eigenvalue weighted by Crippen LogP contribution is -2.31. The Balaban J connectivity index is 0. The maximum atomic E-state index is 11.9. The number of methoxy groups -OCH3 is 1. The van der Waals surface area contributed by atoms with Crippen LogP contribution in [0.5, 0.6) is 0 Å². The van der Waals surface area contributed by atoms with Gasteiger partial charge < -0.3 is 9.64 Å². The van der Waals surface area contributed by atoms with Crippen LogP contribution in [0.4, 0.5) is 13.2 Å². The molecule has 0 aromatic carbocycles. The van der Waals surface area contributed by atoms with Gasteiger partial charge in [-0.3, -0.25) is 0 Å². The van der Waals surface area contributed by atoms with Crippen LogP contribution in [0.2, 0.25) is 0 Å². The Morgan fingerprint density at radius 1 is 1.00 bits per heavy atom. The number of hydrogen-bond donors (Lipinski definition) is 0. The first-order valence-electron chi connectivity index (χ1n) is 6.47. The fraction of sp³-hybridized carbons (Fsp3) is 1.00. The smallest absolute Gasteiger partial charge is 0.379 e. The normalized spacial score (nSPS) is 12.3. The highest BCUT2D eigenvalue weighted by Gasteiger charge is 2.26. The van der Waals surface area contributed by atoms with Crippen LogP contribution in [0.1, 0.15) is 47.0 Å². The molecule has 0 rings (SSSR count). The van der Waals surface area contributed by atoms with Gasteiger partial charge in [0.25, 0.3) is 0 Å². The molecule has 0 aliphatic rings. The molecule has 5 heteroatoms. The molecule has 0 bridgehead atoms. The van der Waals surface area contributed by atoms with Gasteiger partial charge in [0.15, 0.2) is 0 Å². The van der Waals surface area contributed by atoms with Crippen molar-refractivity contribution < 1.29 is 17.9 Å². The maximum absolute atomic E-state index is 11.9. The third-order valence-electron chi connectivity index (χ3n) is 2.65. The van der Waals surface area contributed by atoms with Crippen LogP contribution in [-0.4, -0.2) is 43.9 Å². The molecule has 0 unspecified atom stereocenters. The minimum absolute atomic E-state index is 0.160. The number of nitrogens with zero attached hydrogens (tertiary/aromatic N) is 1. The van der Waals surface area contributed by atoms with Crippen LogP contribution < -0.4 is 0 Å². The van der Waals surface area contributed by atoms with Gasteiger partial charge in [-0.2, -0.15) is 13.2 Å². The lowest BCUT2D eigenvalue weighted by atomic mass is 10.1. The van der Waals surface area contributed by atoms with Crippen molar-refractivity contribution in [1.82, 2.24) is 4.90 Å². The van der Waals surface area contributed by atoms with Crippen molar-refractivity contribution in [1.29, 1.82) is 0 Å². The zero-order valence-corrected chi connectivity index (χ0v) is 12.5. The summed E-state index contributed by atoms with van der Waals surface area (Å²) in [5.41, 5.74) is -0.210. The minimum Gasteiger partial charge on any atom is -0.379 e. The summed E-state index contributed by atoms with van der Waals surface area (Å²) in [5, 5.41) is 0. The molecule has 18 heavy (non-hydrogen) atoms. The van der Waals surface area contributed by atoms with E-state index in [1.54, 1.807) is 7.11 Å². The summed E-state index contributed by atoms with van der Waals surface area (Å²) in [7, 11) is 3.48. The first kappa shape index (κ1) is 20.0. The number of hydrogen-bond acceptors (Lipinski definition) is 2.